The normalized spacial score (nSPS) is 16.8. The monoisotopic (exact) mass is 315 g/mol. The SMILES string of the molecule is CN(CCC1CCOCC1)C(=O)c1ccc(Br)o1. The maximum Gasteiger partial charge on any atom is 0.289 e. The summed E-state index contributed by atoms with van der Waals surface area (Å²) in [4.78, 5) is 13.7. The summed E-state index contributed by atoms with van der Waals surface area (Å²) in [7, 11) is 1.82. The zero-order valence-corrected chi connectivity index (χ0v) is 12.1. The van der Waals surface area contributed by atoms with E-state index in [-0.39, 0.29) is 5.91 Å². The molecular formula is C13H18BrNO3. The van der Waals surface area contributed by atoms with E-state index in [1.54, 1.807) is 17.0 Å². The molecule has 2 heterocycles. The molecule has 5 heteroatoms. The van der Waals surface area contributed by atoms with Gasteiger partial charge in [-0.2, -0.15) is 0 Å². The Morgan fingerprint density at radius 3 is 2.78 bits per heavy atom. The Morgan fingerprint density at radius 2 is 2.17 bits per heavy atom. The summed E-state index contributed by atoms with van der Waals surface area (Å²) in [5.41, 5.74) is 0. The summed E-state index contributed by atoms with van der Waals surface area (Å²) in [5.74, 6) is 1.00. The molecule has 0 N–H and O–H groups in total. The first-order valence-electron chi connectivity index (χ1n) is 6.25. The number of hydrogen-bond acceptors (Lipinski definition) is 3. The predicted molar refractivity (Wildman–Crippen MR) is 71.5 cm³/mol. The standard InChI is InChI=1S/C13H18BrNO3/c1-15(7-4-10-5-8-17-9-6-10)13(16)11-2-3-12(14)18-11/h2-3,10H,4-9H2,1H3. The Hall–Kier alpha value is -0.810. The van der Waals surface area contributed by atoms with E-state index in [0.717, 1.165) is 39.0 Å². The van der Waals surface area contributed by atoms with Crippen molar-refractivity contribution in [3.8, 4) is 0 Å². The van der Waals surface area contributed by atoms with Crippen molar-refractivity contribution in [2.75, 3.05) is 26.8 Å². The van der Waals surface area contributed by atoms with Crippen LogP contribution in [0, 0.1) is 5.92 Å². The smallest absolute Gasteiger partial charge is 0.289 e. The van der Waals surface area contributed by atoms with Gasteiger partial charge in [0.2, 0.25) is 0 Å². The highest BCUT2D eigenvalue weighted by Gasteiger charge is 2.18. The van der Waals surface area contributed by atoms with Gasteiger partial charge in [0.25, 0.3) is 5.91 Å². The van der Waals surface area contributed by atoms with Gasteiger partial charge in [-0.05, 0) is 53.2 Å². The number of amides is 1. The largest absolute Gasteiger partial charge is 0.444 e. The van der Waals surface area contributed by atoms with Crippen LogP contribution in [0.15, 0.2) is 21.2 Å². The van der Waals surface area contributed by atoms with Crippen LogP contribution in [0.4, 0.5) is 0 Å². The summed E-state index contributed by atoms with van der Waals surface area (Å²) in [6.07, 6.45) is 3.25. The first-order chi connectivity index (χ1) is 8.66. The molecule has 1 aliphatic rings. The molecule has 2 rings (SSSR count). The Balaban J connectivity index is 1.80. The number of ether oxygens (including phenoxy) is 1. The van der Waals surface area contributed by atoms with Crippen LogP contribution in [-0.4, -0.2) is 37.6 Å². The zero-order chi connectivity index (χ0) is 13.0. The van der Waals surface area contributed by atoms with Gasteiger partial charge in [-0.15, -0.1) is 0 Å². The van der Waals surface area contributed by atoms with Gasteiger partial charge in [0.15, 0.2) is 10.4 Å². The number of rotatable bonds is 4. The van der Waals surface area contributed by atoms with Gasteiger partial charge in [0.05, 0.1) is 0 Å². The average molecular weight is 316 g/mol. The highest BCUT2D eigenvalue weighted by molar-refractivity contribution is 9.10. The average Bonchev–Trinajstić information content (AvgIpc) is 2.83. The third-order valence-electron chi connectivity index (χ3n) is 3.34. The van der Waals surface area contributed by atoms with Gasteiger partial charge in [-0.3, -0.25) is 4.79 Å². The summed E-state index contributed by atoms with van der Waals surface area (Å²) >= 11 is 3.20. The van der Waals surface area contributed by atoms with E-state index in [1.165, 1.54) is 0 Å². The van der Waals surface area contributed by atoms with Crippen LogP contribution in [-0.2, 0) is 4.74 Å². The molecular weight excluding hydrogens is 298 g/mol. The molecule has 1 saturated heterocycles. The van der Waals surface area contributed by atoms with Crippen LogP contribution in [0.25, 0.3) is 0 Å². The predicted octanol–water partition coefficient (Wildman–Crippen LogP) is 2.93. The van der Waals surface area contributed by atoms with Gasteiger partial charge in [-0.25, -0.2) is 0 Å². The lowest BCUT2D eigenvalue weighted by atomic mass is 9.96. The molecule has 1 aromatic heterocycles. The third-order valence-corrected chi connectivity index (χ3v) is 3.77. The lowest BCUT2D eigenvalue weighted by Gasteiger charge is -2.24. The minimum absolute atomic E-state index is 0.0623. The van der Waals surface area contributed by atoms with Crippen molar-refractivity contribution in [3.63, 3.8) is 0 Å². The van der Waals surface area contributed by atoms with Crippen LogP contribution in [0.1, 0.15) is 29.8 Å². The fraction of sp³-hybridized carbons (Fsp3) is 0.615. The van der Waals surface area contributed by atoms with Crippen molar-refractivity contribution in [2.45, 2.75) is 19.3 Å². The maximum atomic E-state index is 12.0. The number of hydrogen-bond donors (Lipinski definition) is 0. The molecule has 0 spiro atoms. The zero-order valence-electron chi connectivity index (χ0n) is 10.5. The van der Waals surface area contributed by atoms with Crippen molar-refractivity contribution >= 4 is 21.8 Å². The van der Waals surface area contributed by atoms with Crippen molar-refractivity contribution < 1.29 is 13.9 Å². The van der Waals surface area contributed by atoms with E-state index in [1.807, 2.05) is 7.05 Å². The van der Waals surface area contributed by atoms with Crippen molar-refractivity contribution in [1.82, 2.24) is 4.90 Å². The van der Waals surface area contributed by atoms with Gasteiger partial charge in [0.1, 0.15) is 0 Å². The van der Waals surface area contributed by atoms with E-state index in [0.29, 0.717) is 16.3 Å². The van der Waals surface area contributed by atoms with Crippen molar-refractivity contribution in [3.05, 3.63) is 22.6 Å². The minimum Gasteiger partial charge on any atom is -0.444 e. The molecule has 18 heavy (non-hydrogen) atoms. The lowest BCUT2D eigenvalue weighted by molar-refractivity contribution is 0.0576. The number of halogens is 1. The summed E-state index contributed by atoms with van der Waals surface area (Å²) in [6.45, 7) is 2.47. The number of nitrogens with zero attached hydrogens (tertiary/aromatic N) is 1. The second-order valence-electron chi connectivity index (χ2n) is 4.67. The molecule has 0 saturated carbocycles. The molecule has 1 fully saturated rings. The first-order valence-corrected chi connectivity index (χ1v) is 7.04. The summed E-state index contributed by atoms with van der Waals surface area (Å²) in [5, 5.41) is 0. The van der Waals surface area contributed by atoms with Crippen LogP contribution >= 0.6 is 15.9 Å². The van der Waals surface area contributed by atoms with Gasteiger partial charge >= 0.3 is 0 Å². The first kappa shape index (κ1) is 13.6. The van der Waals surface area contributed by atoms with E-state index in [4.69, 9.17) is 9.15 Å². The molecule has 0 radical (unpaired) electrons. The highest BCUT2D eigenvalue weighted by atomic mass is 79.9. The summed E-state index contributed by atoms with van der Waals surface area (Å²) < 4.78 is 11.2. The molecule has 4 nitrogen and oxygen atoms in total. The molecule has 0 bridgehead atoms. The highest BCUT2D eigenvalue weighted by Crippen LogP contribution is 2.20. The maximum absolute atomic E-state index is 12.0. The third kappa shape index (κ3) is 3.59. The Bertz CT molecular complexity index is 399. The molecule has 0 aromatic carbocycles. The quantitative estimate of drug-likeness (QED) is 0.858. The van der Waals surface area contributed by atoms with Crippen molar-refractivity contribution in [2.24, 2.45) is 5.92 Å². The number of carbonyl (C=O) groups is 1. The Kier molecular flexibility index (Phi) is 4.83. The van der Waals surface area contributed by atoms with E-state index in [9.17, 15) is 4.79 Å². The second kappa shape index (κ2) is 6.38. The van der Waals surface area contributed by atoms with E-state index < -0.39 is 0 Å². The van der Waals surface area contributed by atoms with Gasteiger partial charge < -0.3 is 14.1 Å². The molecule has 1 amide bonds. The summed E-state index contributed by atoms with van der Waals surface area (Å²) in [6, 6.07) is 3.43. The molecule has 100 valence electrons. The second-order valence-corrected chi connectivity index (χ2v) is 5.46. The Labute approximate surface area is 115 Å². The number of carbonyl (C=O) groups excluding carboxylic acids is 1. The van der Waals surface area contributed by atoms with Crippen molar-refractivity contribution in [1.29, 1.82) is 0 Å². The molecule has 1 aromatic rings. The minimum atomic E-state index is -0.0623. The van der Waals surface area contributed by atoms with Gasteiger partial charge in [-0.1, -0.05) is 0 Å². The van der Waals surface area contributed by atoms with Crippen LogP contribution < -0.4 is 0 Å². The number of furan rings is 1. The van der Waals surface area contributed by atoms with E-state index in [2.05, 4.69) is 15.9 Å². The van der Waals surface area contributed by atoms with Crippen LogP contribution in [0.5, 0.6) is 0 Å². The molecule has 0 atom stereocenters. The molecule has 0 aliphatic carbocycles. The lowest BCUT2D eigenvalue weighted by Crippen LogP contribution is -2.29. The fourth-order valence-electron chi connectivity index (χ4n) is 2.13. The van der Waals surface area contributed by atoms with Crippen LogP contribution in [0.2, 0.25) is 0 Å². The van der Waals surface area contributed by atoms with Gasteiger partial charge in [0, 0.05) is 26.8 Å². The van der Waals surface area contributed by atoms with Crippen LogP contribution in [0.3, 0.4) is 0 Å². The molecule has 1 aliphatic heterocycles. The molecule has 0 unspecified atom stereocenters. The Morgan fingerprint density at radius 1 is 1.44 bits per heavy atom. The van der Waals surface area contributed by atoms with E-state index >= 15 is 0 Å². The topological polar surface area (TPSA) is 42.7 Å². The fourth-order valence-corrected chi connectivity index (χ4v) is 2.44.